The van der Waals surface area contributed by atoms with Crippen LogP contribution < -0.4 is 5.73 Å². The number of anilines is 1. The summed E-state index contributed by atoms with van der Waals surface area (Å²) >= 11 is 0. The smallest absolute Gasteiger partial charge is 0.243 e. The zero-order valence-electron chi connectivity index (χ0n) is 12.1. The Kier molecular flexibility index (Phi) is 4.07. The van der Waals surface area contributed by atoms with Crippen molar-refractivity contribution in [2.24, 2.45) is 5.92 Å². The Morgan fingerprint density at radius 2 is 1.95 bits per heavy atom. The van der Waals surface area contributed by atoms with Gasteiger partial charge >= 0.3 is 0 Å². The lowest BCUT2D eigenvalue weighted by molar-refractivity contribution is 0.218. The molecule has 2 N–H and O–H groups in total. The summed E-state index contributed by atoms with van der Waals surface area (Å²) < 4.78 is 40.5. The maximum Gasteiger partial charge on any atom is 0.243 e. The first-order valence-electron chi connectivity index (χ1n) is 6.81. The number of benzene rings is 1. The fourth-order valence-corrected chi connectivity index (χ4v) is 4.53. The Morgan fingerprint density at radius 1 is 1.30 bits per heavy atom. The monoisotopic (exact) mass is 300 g/mol. The Hall–Kier alpha value is -1.14. The maximum atomic E-state index is 13.5. The first kappa shape index (κ1) is 15.3. The normalized spacial score (nSPS) is 24.8. The Labute approximate surface area is 119 Å². The molecule has 1 aromatic carbocycles. The van der Waals surface area contributed by atoms with Gasteiger partial charge in [0, 0.05) is 12.6 Å². The number of nitrogens with two attached hydrogens (primary N) is 1. The van der Waals surface area contributed by atoms with Crippen molar-refractivity contribution in [1.29, 1.82) is 0 Å². The van der Waals surface area contributed by atoms with Crippen molar-refractivity contribution in [1.82, 2.24) is 4.31 Å². The van der Waals surface area contributed by atoms with E-state index in [9.17, 15) is 12.8 Å². The number of aryl methyl sites for hydroxylation is 1. The molecule has 1 aliphatic rings. The lowest BCUT2D eigenvalue weighted by atomic mass is 9.97. The second-order valence-corrected chi connectivity index (χ2v) is 7.64. The molecule has 0 aliphatic carbocycles. The van der Waals surface area contributed by atoms with Crippen LogP contribution >= 0.6 is 0 Å². The molecule has 2 atom stereocenters. The average molecular weight is 300 g/mol. The van der Waals surface area contributed by atoms with Crippen molar-refractivity contribution in [3.8, 4) is 0 Å². The van der Waals surface area contributed by atoms with E-state index in [2.05, 4.69) is 0 Å². The summed E-state index contributed by atoms with van der Waals surface area (Å²) in [5, 5.41) is 0. The van der Waals surface area contributed by atoms with Crippen molar-refractivity contribution in [3.63, 3.8) is 0 Å². The molecule has 1 saturated heterocycles. The van der Waals surface area contributed by atoms with Gasteiger partial charge in [-0.15, -0.1) is 0 Å². The number of halogens is 1. The second kappa shape index (κ2) is 5.33. The number of sulfonamides is 1. The summed E-state index contributed by atoms with van der Waals surface area (Å²) in [5.41, 5.74) is 5.68. The predicted octanol–water partition coefficient (Wildman–Crippen LogP) is 2.53. The summed E-state index contributed by atoms with van der Waals surface area (Å²) in [6, 6.07) is 2.53. The van der Waals surface area contributed by atoms with Gasteiger partial charge in [0.1, 0.15) is 5.82 Å². The third-order valence-electron chi connectivity index (χ3n) is 3.92. The molecule has 0 aromatic heterocycles. The molecule has 0 amide bonds. The van der Waals surface area contributed by atoms with E-state index in [4.69, 9.17) is 5.73 Å². The molecule has 0 bridgehead atoms. The van der Waals surface area contributed by atoms with Crippen molar-refractivity contribution in [3.05, 3.63) is 23.5 Å². The van der Waals surface area contributed by atoms with E-state index in [1.54, 1.807) is 0 Å². The molecular formula is C14H21FN2O2S. The minimum atomic E-state index is -3.62. The van der Waals surface area contributed by atoms with Crippen LogP contribution in [0.4, 0.5) is 10.1 Å². The number of hydrogen-bond donors (Lipinski definition) is 1. The molecule has 1 aliphatic heterocycles. The van der Waals surface area contributed by atoms with E-state index in [1.807, 2.05) is 13.8 Å². The highest BCUT2D eigenvalue weighted by Gasteiger charge is 2.34. The first-order chi connectivity index (χ1) is 9.23. The molecule has 1 heterocycles. The number of hydrogen-bond acceptors (Lipinski definition) is 3. The van der Waals surface area contributed by atoms with Crippen molar-refractivity contribution < 1.29 is 12.8 Å². The highest BCUT2D eigenvalue weighted by atomic mass is 32.2. The third kappa shape index (κ3) is 2.67. The van der Waals surface area contributed by atoms with Gasteiger partial charge in [-0.1, -0.05) is 6.92 Å². The van der Waals surface area contributed by atoms with E-state index in [-0.39, 0.29) is 22.2 Å². The van der Waals surface area contributed by atoms with Gasteiger partial charge < -0.3 is 5.73 Å². The number of nitrogen functional groups attached to an aromatic ring is 1. The summed E-state index contributed by atoms with van der Waals surface area (Å²) in [6.45, 7) is 5.97. The van der Waals surface area contributed by atoms with Gasteiger partial charge in [0.25, 0.3) is 0 Å². The highest BCUT2D eigenvalue weighted by Crippen LogP contribution is 2.30. The van der Waals surface area contributed by atoms with Gasteiger partial charge in [0.15, 0.2) is 0 Å². The van der Waals surface area contributed by atoms with Gasteiger partial charge in [0.05, 0.1) is 10.6 Å². The minimum Gasteiger partial charge on any atom is -0.396 e. The van der Waals surface area contributed by atoms with Gasteiger partial charge in [-0.05, 0) is 50.3 Å². The van der Waals surface area contributed by atoms with E-state index in [0.717, 1.165) is 12.8 Å². The largest absolute Gasteiger partial charge is 0.396 e. The van der Waals surface area contributed by atoms with Crippen LogP contribution in [0.15, 0.2) is 17.0 Å². The molecule has 2 rings (SSSR count). The Balaban J connectivity index is 2.44. The SMILES string of the molecule is Cc1cc(S(=O)(=O)N2CC(C)CCC2C)cc(N)c1F. The highest BCUT2D eigenvalue weighted by molar-refractivity contribution is 7.89. The second-order valence-electron chi connectivity index (χ2n) is 5.75. The Morgan fingerprint density at radius 3 is 2.55 bits per heavy atom. The fraction of sp³-hybridized carbons (Fsp3) is 0.571. The minimum absolute atomic E-state index is 0.0391. The predicted molar refractivity (Wildman–Crippen MR) is 77.3 cm³/mol. The van der Waals surface area contributed by atoms with E-state index in [0.29, 0.717) is 12.5 Å². The molecule has 1 aromatic rings. The van der Waals surface area contributed by atoms with Crippen LogP contribution in [0.5, 0.6) is 0 Å². The molecular weight excluding hydrogens is 279 g/mol. The summed E-state index contributed by atoms with van der Waals surface area (Å²) in [6.07, 6.45) is 1.87. The van der Waals surface area contributed by atoms with Crippen LogP contribution in [-0.4, -0.2) is 25.3 Å². The lowest BCUT2D eigenvalue weighted by Gasteiger charge is -2.35. The van der Waals surface area contributed by atoms with Crippen LogP contribution in [0.25, 0.3) is 0 Å². The van der Waals surface area contributed by atoms with Gasteiger partial charge in [-0.25, -0.2) is 12.8 Å². The lowest BCUT2D eigenvalue weighted by Crippen LogP contribution is -2.44. The molecule has 0 saturated carbocycles. The maximum absolute atomic E-state index is 13.5. The van der Waals surface area contributed by atoms with Crippen molar-refractivity contribution in [2.75, 3.05) is 12.3 Å². The topological polar surface area (TPSA) is 63.4 Å². The third-order valence-corrected chi connectivity index (χ3v) is 5.88. The molecule has 4 nitrogen and oxygen atoms in total. The van der Waals surface area contributed by atoms with Gasteiger partial charge in [-0.2, -0.15) is 4.31 Å². The summed E-state index contributed by atoms with van der Waals surface area (Å²) in [7, 11) is -3.62. The van der Waals surface area contributed by atoms with Crippen molar-refractivity contribution in [2.45, 2.75) is 44.6 Å². The van der Waals surface area contributed by atoms with Crippen LogP contribution in [0.1, 0.15) is 32.3 Å². The molecule has 20 heavy (non-hydrogen) atoms. The summed E-state index contributed by atoms with van der Waals surface area (Å²) in [5.74, 6) is -0.219. The standard InChI is InChI=1S/C14H21FN2O2S/c1-9-4-5-11(3)17(8-9)20(18,19)12-6-10(2)14(15)13(16)7-12/h6-7,9,11H,4-5,8,16H2,1-3H3. The van der Waals surface area contributed by atoms with E-state index < -0.39 is 15.8 Å². The summed E-state index contributed by atoms with van der Waals surface area (Å²) in [4.78, 5) is 0.0786. The molecule has 2 unspecified atom stereocenters. The molecule has 6 heteroatoms. The zero-order chi connectivity index (χ0) is 15.1. The molecule has 112 valence electrons. The first-order valence-corrected chi connectivity index (χ1v) is 8.25. The van der Waals surface area contributed by atoms with Crippen LogP contribution in [0.3, 0.4) is 0 Å². The fourth-order valence-electron chi connectivity index (χ4n) is 2.63. The van der Waals surface area contributed by atoms with Crippen LogP contribution in [0, 0.1) is 18.7 Å². The molecule has 1 fully saturated rings. The number of piperidine rings is 1. The van der Waals surface area contributed by atoms with Gasteiger partial charge in [0.2, 0.25) is 10.0 Å². The zero-order valence-corrected chi connectivity index (χ0v) is 12.9. The quantitative estimate of drug-likeness (QED) is 0.854. The van der Waals surface area contributed by atoms with Gasteiger partial charge in [-0.3, -0.25) is 0 Å². The molecule has 0 spiro atoms. The van der Waals surface area contributed by atoms with E-state index >= 15 is 0 Å². The van der Waals surface area contributed by atoms with Crippen LogP contribution in [-0.2, 0) is 10.0 Å². The Bertz CT molecular complexity index is 593. The number of nitrogens with zero attached hydrogens (tertiary/aromatic N) is 1. The van der Waals surface area contributed by atoms with E-state index in [1.165, 1.54) is 23.4 Å². The van der Waals surface area contributed by atoms with Crippen molar-refractivity contribution >= 4 is 15.7 Å². The molecule has 0 radical (unpaired) electrons. The number of rotatable bonds is 2. The van der Waals surface area contributed by atoms with Crippen LogP contribution in [0.2, 0.25) is 0 Å². The average Bonchev–Trinajstić information content (AvgIpc) is 2.38.